The minimum Gasteiger partial charge on any atom is -0.362 e. The second kappa shape index (κ2) is 10.8. The fourth-order valence-electron chi connectivity index (χ4n) is 8.99. The second-order valence-corrected chi connectivity index (χ2v) is 14.3. The van der Waals surface area contributed by atoms with E-state index in [1.807, 2.05) is 31.3 Å². The number of anilines is 1. The first-order chi connectivity index (χ1) is 21.3. The molecule has 8 heteroatoms. The standard InChI is InChI=1S/C36H42ClFN6/c1-4-23(3)44-25-9-10-26(44)21-42(20-25)35-28-19-39-33(27-17-22(2)18-29(37)31(27)24-7-8-24)32(38)34(28)40-30(41-35)11-14-36-12-5-15-43(36)16-6-13-36/h4,17-19,24-26H,1,3,5-16,20-21H2,2H3. The van der Waals surface area contributed by atoms with Gasteiger partial charge in [0.05, 0.1) is 5.39 Å². The van der Waals surface area contributed by atoms with Crippen molar-refractivity contribution < 1.29 is 4.39 Å². The number of nitrogens with zero attached hydrogens (tertiary/aromatic N) is 6. The number of benzene rings is 1. The summed E-state index contributed by atoms with van der Waals surface area (Å²) in [6, 6.07) is 4.70. The van der Waals surface area contributed by atoms with E-state index in [2.05, 4.69) is 27.9 Å². The number of aryl methyl sites for hydroxylation is 2. The molecule has 44 heavy (non-hydrogen) atoms. The van der Waals surface area contributed by atoms with Crippen LogP contribution in [0.15, 0.2) is 43.3 Å². The molecule has 2 bridgehead atoms. The molecular weight excluding hydrogens is 571 g/mol. The Morgan fingerprint density at radius 3 is 2.50 bits per heavy atom. The number of hydrogen-bond acceptors (Lipinski definition) is 6. The molecule has 0 amide bonds. The summed E-state index contributed by atoms with van der Waals surface area (Å²) >= 11 is 6.76. The van der Waals surface area contributed by atoms with E-state index in [0.717, 1.165) is 85.6 Å². The highest BCUT2D eigenvalue weighted by Gasteiger charge is 2.44. The summed E-state index contributed by atoms with van der Waals surface area (Å²) in [6.07, 6.45) is 14.8. The van der Waals surface area contributed by atoms with Crippen LogP contribution in [0.5, 0.6) is 0 Å². The van der Waals surface area contributed by atoms with Crippen molar-refractivity contribution in [2.75, 3.05) is 31.1 Å². The molecule has 8 rings (SSSR count). The summed E-state index contributed by atoms with van der Waals surface area (Å²) in [6.45, 7) is 14.3. The van der Waals surface area contributed by atoms with E-state index in [1.54, 1.807) is 0 Å². The number of fused-ring (bicyclic) bond motifs is 4. The fraction of sp³-hybridized carbons (Fsp3) is 0.528. The third-order valence-corrected chi connectivity index (χ3v) is 11.5. The maximum absolute atomic E-state index is 16.9. The normalized spacial score (nSPS) is 24.3. The van der Waals surface area contributed by atoms with E-state index < -0.39 is 0 Å². The number of halogens is 2. The highest BCUT2D eigenvalue weighted by molar-refractivity contribution is 6.32. The number of piperazine rings is 1. The Labute approximate surface area is 265 Å². The Hall–Kier alpha value is -3.03. The molecule has 1 saturated carbocycles. The van der Waals surface area contributed by atoms with Gasteiger partial charge in [-0.05, 0) is 113 Å². The van der Waals surface area contributed by atoms with Crippen LogP contribution >= 0.6 is 11.6 Å². The van der Waals surface area contributed by atoms with Gasteiger partial charge in [0, 0.05) is 59.6 Å². The SMILES string of the molecule is C=CC(=C)N1C2CCC1CN(c1nc(CCC34CCCN3CCC4)nc3c(F)c(-c4cc(C)cc(Cl)c4C4CC4)ncc13)C2. The maximum atomic E-state index is 16.9. The van der Waals surface area contributed by atoms with Gasteiger partial charge in [-0.25, -0.2) is 14.4 Å². The first-order valence-electron chi connectivity index (χ1n) is 16.6. The molecule has 0 radical (unpaired) electrons. The molecule has 6 heterocycles. The van der Waals surface area contributed by atoms with Crippen LogP contribution < -0.4 is 4.90 Å². The summed E-state index contributed by atoms with van der Waals surface area (Å²) in [4.78, 5) is 22.5. The van der Waals surface area contributed by atoms with Gasteiger partial charge in [0.2, 0.25) is 0 Å². The molecule has 0 spiro atoms. The molecule has 3 aromatic rings. The van der Waals surface area contributed by atoms with Crippen LogP contribution in [0.3, 0.4) is 0 Å². The lowest BCUT2D eigenvalue weighted by Gasteiger charge is -2.43. The van der Waals surface area contributed by atoms with Crippen LogP contribution in [0.4, 0.5) is 10.2 Å². The molecule has 230 valence electrons. The van der Waals surface area contributed by atoms with Crippen LogP contribution in [-0.4, -0.2) is 68.6 Å². The van der Waals surface area contributed by atoms with E-state index in [9.17, 15) is 0 Å². The van der Waals surface area contributed by atoms with Crippen LogP contribution in [0.1, 0.15) is 80.7 Å². The molecule has 4 saturated heterocycles. The second-order valence-electron chi connectivity index (χ2n) is 13.9. The summed E-state index contributed by atoms with van der Waals surface area (Å²) in [5, 5.41) is 1.40. The molecule has 0 N–H and O–H groups in total. The molecule has 6 nitrogen and oxygen atoms in total. The molecule has 1 aromatic carbocycles. The van der Waals surface area contributed by atoms with Gasteiger partial charge in [-0.3, -0.25) is 9.88 Å². The Kier molecular flexibility index (Phi) is 6.98. The molecule has 2 atom stereocenters. The van der Waals surface area contributed by atoms with Gasteiger partial charge >= 0.3 is 0 Å². The predicted octanol–water partition coefficient (Wildman–Crippen LogP) is 7.58. The lowest BCUT2D eigenvalue weighted by molar-refractivity contribution is 0.181. The summed E-state index contributed by atoms with van der Waals surface area (Å²) < 4.78 is 16.9. The highest BCUT2D eigenvalue weighted by Crippen LogP contribution is 2.49. The highest BCUT2D eigenvalue weighted by atomic mass is 35.5. The number of rotatable bonds is 8. The zero-order valence-electron chi connectivity index (χ0n) is 25.8. The van der Waals surface area contributed by atoms with Gasteiger partial charge in [-0.1, -0.05) is 24.8 Å². The van der Waals surface area contributed by atoms with Gasteiger partial charge in [-0.2, -0.15) is 0 Å². The predicted molar refractivity (Wildman–Crippen MR) is 176 cm³/mol. The lowest BCUT2D eigenvalue weighted by atomic mass is 9.88. The Balaban J connectivity index is 1.22. The van der Waals surface area contributed by atoms with Crippen molar-refractivity contribution in [2.45, 2.75) is 94.7 Å². The third kappa shape index (κ3) is 4.65. The van der Waals surface area contributed by atoms with Crippen molar-refractivity contribution in [1.82, 2.24) is 24.8 Å². The Morgan fingerprint density at radius 1 is 1.09 bits per heavy atom. The minimum absolute atomic E-state index is 0.258. The van der Waals surface area contributed by atoms with E-state index in [-0.39, 0.29) is 11.4 Å². The third-order valence-electron chi connectivity index (χ3n) is 11.2. The number of hydrogen-bond donors (Lipinski definition) is 0. The van der Waals surface area contributed by atoms with E-state index in [1.165, 1.54) is 38.8 Å². The molecule has 5 fully saturated rings. The molecule has 1 aliphatic carbocycles. The van der Waals surface area contributed by atoms with Crippen molar-refractivity contribution in [3.8, 4) is 11.3 Å². The molecule has 5 aliphatic rings. The zero-order valence-corrected chi connectivity index (χ0v) is 26.6. The van der Waals surface area contributed by atoms with Crippen LogP contribution in [0.2, 0.25) is 5.02 Å². The largest absolute Gasteiger partial charge is 0.362 e. The smallest absolute Gasteiger partial charge is 0.175 e. The average molecular weight is 613 g/mol. The monoisotopic (exact) mass is 612 g/mol. The zero-order chi connectivity index (χ0) is 30.2. The minimum atomic E-state index is -0.362. The van der Waals surface area contributed by atoms with Crippen molar-refractivity contribution in [1.29, 1.82) is 0 Å². The van der Waals surface area contributed by atoms with Gasteiger partial charge in [0.1, 0.15) is 22.9 Å². The molecule has 2 unspecified atom stereocenters. The molecule has 2 aromatic heterocycles. The number of allylic oxidation sites excluding steroid dienone is 1. The van der Waals surface area contributed by atoms with Gasteiger partial charge < -0.3 is 9.80 Å². The van der Waals surface area contributed by atoms with Gasteiger partial charge in [0.15, 0.2) is 5.82 Å². The topological polar surface area (TPSA) is 48.4 Å². The van der Waals surface area contributed by atoms with Crippen molar-refractivity contribution in [3.63, 3.8) is 0 Å². The van der Waals surface area contributed by atoms with E-state index in [0.29, 0.717) is 39.6 Å². The van der Waals surface area contributed by atoms with Gasteiger partial charge in [-0.15, -0.1) is 0 Å². The van der Waals surface area contributed by atoms with Crippen molar-refractivity contribution in [3.05, 3.63) is 71.1 Å². The summed E-state index contributed by atoms with van der Waals surface area (Å²) in [5.74, 6) is 1.56. The first kappa shape index (κ1) is 28.4. The lowest BCUT2D eigenvalue weighted by Crippen LogP contribution is -2.53. The van der Waals surface area contributed by atoms with Crippen LogP contribution in [0, 0.1) is 12.7 Å². The van der Waals surface area contributed by atoms with Crippen molar-refractivity contribution >= 4 is 28.3 Å². The first-order valence-corrected chi connectivity index (χ1v) is 17.0. The number of aromatic nitrogens is 3. The number of pyridine rings is 1. The summed E-state index contributed by atoms with van der Waals surface area (Å²) in [7, 11) is 0. The van der Waals surface area contributed by atoms with Crippen LogP contribution in [0.25, 0.3) is 22.2 Å². The van der Waals surface area contributed by atoms with E-state index in [4.69, 9.17) is 26.6 Å². The maximum Gasteiger partial charge on any atom is 0.175 e. The Morgan fingerprint density at radius 2 is 1.82 bits per heavy atom. The fourth-order valence-corrected chi connectivity index (χ4v) is 9.42. The quantitative estimate of drug-likeness (QED) is 0.244. The van der Waals surface area contributed by atoms with Crippen LogP contribution in [-0.2, 0) is 6.42 Å². The van der Waals surface area contributed by atoms with E-state index >= 15 is 4.39 Å². The Bertz CT molecular complexity index is 1640. The van der Waals surface area contributed by atoms with Gasteiger partial charge in [0.25, 0.3) is 0 Å². The molecule has 4 aliphatic heterocycles. The molecular formula is C36H42ClFN6. The average Bonchev–Trinajstić information content (AvgIpc) is 3.55. The van der Waals surface area contributed by atoms with Crippen molar-refractivity contribution in [2.24, 2.45) is 0 Å². The summed E-state index contributed by atoms with van der Waals surface area (Å²) in [5.41, 5.74) is 4.81.